The van der Waals surface area contributed by atoms with E-state index >= 15 is 0 Å². The van der Waals surface area contributed by atoms with Gasteiger partial charge in [-0.1, -0.05) is 18.2 Å². The van der Waals surface area contributed by atoms with Gasteiger partial charge in [-0.2, -0.15) is 5.10 Å². The van der Waals surface area contributed by atoms with E-state index in [1.807, 2.05) is 42.2 Å². The molecule has 1 aromatic carbocycles. The third-order valence-electron chi connectivity index (χ3n) is 2.78. The number of aromatic nitrogens is 2. The minimum atomic E-state index is 0.537. The van der Waals surface area contributed by atoms with Gasteiger partial charge in [0.05, 0.1) is 0 Å². The van der Waals surface area contributed by atoms with Gasteiger partial charge >= 0.3 is 0 Å². The molecular formula is C13H16ClN3. The molecule has 17 heavy (non-hydrogen) atoms. The summed E-state index contributed by atoms with van der Waals surface area (Å²) in [5, 5.41) is 7.55. The fraction of sp³-hybridized carbons (Fsp3) is 0.308. The van der Waals surface area contributed by atoms with Crippen molar-refractivity contribution in [2.75, 3.05) is 11.9 Å². The number of rotatable bonds is 5. The van der Waals surface area contributed by atoms with Gasteiger partial charge in [0, 0.05) is 43.5 Å². The minimum Gasteiger partial charge on any atom is -0.384 e. The summed E-state index contributed by atoms with van der Waals surface area (Å²) in [6.45, 7) is 0.882. The molecule has 0 aliphatic heterocycles. The van der Waals surface area contributed by atoms with Crippen molar-refractivity contribution in [3.8, 4) is 0 Å². The van der Waals surface area contributed by atoms with Gasteiger partial charge in [-0.3, -0.25) is 4.68 Å². The second kappa shape index (κ2) is 5.73. The predicted octanol–water partition coefficient (Wildman–Crippen LogP) is 2.81. The second-order valence-electron chi connectivity index (χ2n) is 3.91. The smallest absolute Gasteiger partial charge is 0.0494 e. The van der Waals surface area contributed by atoms with E-state index in [1.165, 1.54) is 5.69 Å². The van der Waals surface area contributed by atoms with Crippen LogP contribution in [-0.4, -0.2) is 16.3 Å². The predicted molar refractivity (Wildman–Crippen MR) is 71.4 cm³/mol. The van der Waals surface area contributed by atoms with Crippen LogP contribution in [-0.2, 0) is 19.3 Å². The highest BCUT2D eigenvalue weighted by atomic mass is 35.5. The Labute approximate surface area is 106 Å². The number of hydrogen-bond donors (Lipinski definition) is 1. The second-order valence-corrected chi connectivity index (χ2v) is 4.18. The van der Waals surface area contributed by atoms with Gasteiger partial charge < -0.3 is 5.32 Å². The number of aryl methyl sites for hydroxylation is 1. The average molecular weight is 250 g/mol. The van der Waals surface area contributed by atoms with Crippen LogP contribution in [0.25, 0.3) is 0 Å². The highest BCUT2D eigenvalue weighted by molar-refractivity contribution is 6.17. The van der Waals surface area contributed by atoms with Crippen molar-refractivity contribution >= 4 is 17.3 Å². The maximum absolute atomic E-state index is 5.88. The van der Waals surface area contributed by atoms with E-state index in [2.05, 4.69) is 16.5 Å². The fourth-order valence-corrected chi connectivity index (χ4v) is 2.01. The van der Waals surface area contributed by atoms with E-state index in [4.69, 9.17) is 11.6 Å². The van der Waals surface area contributed by atoms with Crippen LogP contribution >= 0.6 is 11.6 Å². The SMILES string of the molecule is Cn1nccc1CCNc1ccccc1CCl. The van der Waals surface area contributed by atoms with Crippen molar-refractivity contribution in [1.29, 1.82) is 0 Å². The lowest BCUT2D eigenvalue weighted by Crippen LogP contribution is -2.09. The summed E-state index contributed by atoms with van der Waals surface area (Å²) in [7, 11) is 1.96. The Kier molecular flexibility index (Phi) is 4.04. The first-order chi connectivity index (χ1) is 8.31. The zero-order chi connectivity index (χ0) is 12.1. The summed E-state index contributed by atoms with van der Waals surface area (Å²) in [6.07, 6.45) is 2.77. The van der Waals surface area contributed by atoms with Crippen molar-refractivity contribution in [1.82, 2.24) is 9.78 Å². The van der Waals surface area contributed by atoms with E-state index in [0.29, 0.717) is 5.88 Å². The van der Waals surface area contributed by atoms with Gasteiger partial charge in [0.15, 0.2) is 0 Å². The molecule has 0 unspecified atom stereocenters. The van der Waals surface area contributed by atoms with Crippen molar-refractivity contribution < 1.29 is 0 Å². The third kappa shape index (κ3) is 3.01. The number of benzene rings is 1. The number of nitrogens with one attached hydrogen (secondary N) is 1. The highest BCUT2D eigenvalue weighted by Crippen LogP contribution is 2.16. The monoisotopic (exact) mass is 249 g/mol. The van der Waals surface area contributed by atoms with Crippen molar-refractivity contribution in [2.45, 2.75) is 12.3 Å². The Morgan fingerprint density at radius 1 is 1.29 bits per heavy atom. The molecule has 0 radical (unpaired) electrons. The normalized spacial score (nSPS) is 10.5. The third-order valence-corrected chi connectivity index (χ3v) is 3.07. The molecule has 2 aromatic rings. The number of halogens is 1. The fourth-order valence-electron chi connectivity index (χ4n) is 1.78. The molecule has 0 spiro atoms. The molecule has 4 heteroatoms. The Balaban J connectivity index is 1.92. The molecule has 1 aromatic heterocycles. The van der Waals surface area contributed by atoms with Crippen LogP contribution < -0.4 is 5.32 Å². The van der Waals surface area contributed by atoms with Crippen LogP contribution in [0.3, 0.4) is 0 Å². The lowest BCUT2D eigenvalue weighted by Gasteiger charge is -2.10. The average Bonchev–Trinajstić information content (AvgIpc) is 2.76. The van der Waals surface area contributed by atoms with Crippen molar-refractivity contribution in [3.63, 3.8) is 0 Å². The van der Waals surface area contributed by atoms with E-state index in [1.54, 1.807) is 0 Å². The first kappa shape index (κ1) is 12.0. The maximum atomic E-state index is 5.88. The Morgan fingerprint density at radius 3 is 2.82 bits per heavy atom. The zero-order valence-electron chi connectivity index (χ0n) is 9.86. The molecule has 0 amide bonds. The molecule has 0 saturated heterocycles. The summed E-state index contributed by atoms with van der Waals surface area (Å²) >= 11 is 5.88. The van der Waals surface area contributed by atoms with E-state index in [-0.39, 0.29) is 0 Å². The largest absolute Gasteiger partial charge is 0.384 e. The molecule has 2 rings (SSSR count). The molecular weight excluding hydrogens is 234 g/mol. The molecule has 0 fully saturated rings. The van der Waals surface area contributed by atoms with Gasteiger partial charge in [-0.05, 0) is 17.7 Å². The van der Waals surface area contributed by atoms with Crippen molar-refractivity contribution in [3.05, 3.63) is 47.8 Å². The summed E-state index contributed by atoms with van der Waals surface area (Å²) in [5.41, 5.74) is 3.48. The molecule has 90 valence electrons. The number of para-hydroxylation sites is 1. The topological polar surface area (TPSA) is 29.9 Å². The van der Waals surface area contributed by atoms with E-state index in [0.717, 1.165) is 24.2 Å². The molecule has 3 nitrogen and oxygen atoms in total. The van der Waals surface area contributed by atoms with Crippen LogP contribution in [0.15, 0.2) is 36.5 Å². The van der Waals surface area contributed by atoms with Crippen molar-refractivity contribution in [2.24, 2.45) is 7.05 Å². The standard InChI is InChI=1S/C13H16ClN3/c1-17-12(7-9-16-17)6-8-15-13-5-3-2-4-11(13)10-14/h2-5,7,9,15H,6,8,10H2,1H3. The summed E-state index contributed by atoms with van der Waals surface area (Å²) < 4.78 is 1.90. The number of hydrogen-bond acceptors (Lipinski definition) is 2. The zero-order valence-corrected chi connectivity index (χ0v) is 10.6. The van der Waals surface area contributed by atoms with Gasteiger partial charge in [0.1, 0.15) is 0 Å². The summed E-state index contributed by atoms with van der Waals surface area (Å²) in [6, 6.07) is 10.2. The highest BCUT2D eigenvalue weighted by Gasteiger charge is 2.01. The Morgan fingerprint density at radius 2 is 2.12 bits per heavy atom. The first-order valence-electron chi connectivity index (χ1n) is 5.66. The van der Waals surface area contributed by atoms with Gasteiger partial charge in [-0.25, -0.2) is 0 Å². The van der Waals surface area contributed by atoms with Gasteiger partial charge in [0.2, 0.25) is 0 Å². The van der Waals surface area contributed by atoms with Crippen LogP contribution in [0, 0.1) is 0 Å². The van der Waals surface area contributed by atoms with E-state index in [9.17, 15) is 0 Å². The number of anilines is 1. The van der Waals surface area contributed by atoms with E-state index < -0.39 is 0 Å². The quantitative estimate of drug-likeness (QED) is 0.826. The van der Waals surface area contributed by atoms with Crippen LogP contribution in [0.5, 0.6) is 0 Å². The molecule has 0 bridgehead atoms. The molecule has 0 aliphatic carbocycles. The molecule has 1 heterocycles. The van der Waals surface area contributed by atoms with Gasteiger partial charge in [0.25, 0.3) is 0 Å². The molecule has 0 aliphatic rings. The Bertz CT molecular complexity index is 479. The number of alkyl halides is 1. The first-order valence-corrected chi connectivity index (χ1v) is 6.19. The molecule has 1 N–H and O–H groups in total. The van der Waals surface area contributed by atoms with Crippen LogP contribution in [0.1, 0.15) is 11.3 Å². The summed E-state index contributed by atoms with van der Waals surface area (Å²) in [4.78, 5) is 0. The molecule has 0 saturated carbocycles. The maximum Gasteiger partial charge on any atom is 0.0494 e. The number of nitrogens with zero attached hydrogens (tertiary/aromatic N) is 2. The lowest BCUT2D eigenvalue weighted by atomic mass is 10.2. The lowest BCUT2D eigenvalue weighted by molar-refractivity contribution is 0.711. The summed E-state index contributed by atoms with van der Waals surface area (Å²) in [5.74, 6) is 0.537. The minimum absolute atomic E-state index is 0.537. The molecule has 0 atom stereocenters. The van der Waals surface area contributed by atoms with Crippen LogP contribution in [0.4, 0.5) is 5.69 Å². The van der Waals surface area contributed by atoms with Gasteiger partial charge in [-0.15, -0.1) is 11.6 Å². The van der Waals surface area contributed by atoms with Crippen LogP contribution in [0.2, 0.25) is 0 Å². The Hall–Kier alpha value is -1.48.